The average molecular weight is 693 g/mol. The van der Waals surface area contributed by atoms with Crippen molar-refractivity contribution in [2.45, 2.75) is 5.41 Å². The Morgan fingerprint density at radius 3 is 1.44 bits per heavy atom. The molecular weight excluding hydrogens is 661 g/mol. The molecule has 1 spiro atoms. The fraction of sp³-hybridized carbons (Fsp3) is 0.0182. The van der Waals surface area contributed by atoms with Crippen LogP contribution in [0.5, 0.6) is 0 Å². The minimum Gasteiger partial charge on any atom is -0.0619 e. The highest BCUT2D eigenvalue weighted by molar-refractivity contribution is 6.25. The summed E-state index contributed by atoms with van der Waals surface area (Å²) in [5, 5.41) is 13.0. The first kappa shape index (κ1) is 29.4. The summed E-state index contributed by atoms with van der Waals surface area (Å²) >= 11 is 0. The van der Waals surface area contributed by atoms with E-state index >= 15 is 0 Å². The summed E-state index contributed by atoms with van der Waals surface area (Å²) in [6.07, 6.45) is 0. The van der Waals surface area contributed by atoms with Crippen molar-refractivity contribution in [3.05, 3.63) is 216 Å². The maximum absolute atomic E-state index is 2.52. The minimum absolute atomic E-state index is 0.397. The normalized spacial score (nSPS) is 13.6. The number of hydrogen-bond donors (Lipinski definition) is 0. The van der Waals surface area contributed by atoms with Crippen molar-refractivity contribution in [1.29, 1.82) is 0 Å². The molecule has 0 heterocycles. The molecule has 0 nitrogen and oxygen atoms in total. The van der Waals surface area contributed by atoms with Gasteiger partial charge in [-0.1, -0.05) is 164 Å². The summed E-state index contributed by atoms with van der Waals surface area (Å²) < 4.78 is 0. The van der Waals surface area contributed by atoms with Crippen LogP contribution >= 0.6 is 0 Å². The van der Waals surface area contributed by atoms with Crippen LogP contribution in [-0.4, -0.2) is 0 Å². The van der Waals surface area contributed by atoms with Gasteiger partial charge in [0.05, 0.1) is 5.41 Å². The highest BCUT2D eigenvalue weighted by Crippen LogP contribution is 2.63. The summed E-state index contributed by atoms with van der Waals surface area (Å²) in [5.41, 5.74) is 15.5. The molecule has 2 aliphatic carbocycles. The molecule has 0 radical (unpaired) electrons. The molecule has 2 aliphatic rings. The van der Waals surface area contributed by atoms with E-state index in [9.17, 15) is 0 Å². The third-order valence-electron chi connectivity index (χ3n) is 13.0. The average Bonchev–Trinajstić information content (AvgIpc) is 3.70. The van der Waals surface area contributed by atoms with E-state index in [0.29, 0.717) is 0 Å². The lowest BCUT2D eigenvalue weighted by Gasteiger charge is -2.30. The van der Waals surface area contributed by atoms with Crippen LogP contribution in [0.1, 0.15) is 22.3 Å². The van der Waals surface area contributed by atoms with Gasteiger partial charge in [-0.15, -0.1) is 0 Å². The second kappa shape index (κ2) is 10.6. The molecule has 0 amide bonds. The van der Waals surface area contributed by atoms with E-state index in [4.69, 9.17) is 0 Å². The molecule has 11 aromatic rings. The summed E-state index contributed by atoms with van der Waals surface area (Å²) in [5.74, 6) is 0. The molecule has 55 heavy (non-hydrogen) atoms. The Morgan fingerprint density at radius 2 is 0.727 bits per heavy atom. The SMILES string of the molecule is c1ccc(-c2ccc3ccc4cccc5ccc2c3c45)c(-c2ccc3cc4c(cc3c2)C2(c3ccccc3-c3ccccc32)c2cc3ccccc3cc2-4)c1. The van der Waals surface area contributed by atoms with Gasteiger partial charge in [-0.3, -0.25) is 0 Å². The summed E-state index contributed by atoms with van der Waals surface area (Å²) in [4.78, 5) is 0. The molecule has 0 saturated heterocycles. The molecule has 0 N–H and O–H groups in total. The first-order chi connectivity index (χ1) is 27.3. The molecule has 0 fully saturated rings. The molecule has 0 unspecified atom stereocenters. The van der Waals surface area contributed by atoms with Gasteiger partial charge in [0.25, 0.3) is 0 Å². The number of fused-ring (bicyclic) bond motifs is 12. The maximum Gasteiger partial charge on any atom is 0.0725 e. The van der Waals surface area contributed by atoms with Crippen LogP contribution < -0.4 is 0 Å². The van der Waals surface area contributed by atoms with Gasteiger partial charge < -0.3 is 0 Å². The van der Waals surface area contributed by atoms with Gasteiger partial charge in [0.1, 0.15) is 0 Å². The lowest BCUT2D eigenvalue weighted by atomic mass is 9.70. The van der Waals surface area contributed by atoms with E-state index in [0.717, 1.165) is 0 Å². The first-order valence-electron chi connectivity index (χ1n) is 19.3. The molecule has 0 atom stereocenters. The molecule has 0 saturated carbocycles. The smallest absolute Gasteiger partial charge is 0.0619 e. The van der Waals surface area contributed by atoms with Crippen LogP contribution in [0.3, 0.4) is 0 Å². The highest BCUT2D eigenvalue weighted by Gasteiger charge is 2.51. The van der Waals surface area contributed by atoms with Gasteiger partial charge in [0, 0.05) is 0 Å². The van der Waals surface area contributed by atoms with Gasteiger partial charge in [-0.25, -0.2) is 0 Å². The van der Waals surface area contributed by atoms with Gasteiger partial charge in [-0.2, -0.15) is 0 Å². The number of hydrogen-bond acceptors (Lipinski definition) is 0. The van der Waals surface area contributed by atoms with E-state index < -0.39 is 5.41 Å². The Hall–Kier alpha value is -7.02. The van der Waals surface area contributed by atoms with Crippen LogP contribution in [0.25, 0.3) is 98.4 Å². The zero-order valence-electron chi connectivity index (χ0n) is 30.0. The zero-order chi connectivity index (χ0) is 35.8. The van der Waals surface area contributed by atoms with Crippen LogP contribution in [0, 0.1) is 0 Å². The van der Waals surface area contributed by atoms with E-state index in [1.54, 1.807) is 0 Å². The van der Waals surface area contributed by atoms with E-state index in [1.807, 2.05) is 0 Å². The second-order valence-corrected chi connectivity index (χ2v) is 15.6. The Morgan fingerprint density at radius 1 is 0.236 bits per heavy atom. The molecule has 0 aromatic heterocycles. The molecule has 252 valence electrons. The molecule has 13 rings (SSSR count). The fourth-order valence-electron chi connectivity index (χ4n) is 10.7. The third kappa shape index (κ3) is 3.76. The quantitative estimate of drug-likeness (QED) is 0.158. The van der Waals surface area contributed by atoms with Crippen LogP contribution in [0.2, 0.25) is 0 Å². The van der Waals surface area contributed by atoms with E-state index in [-0.39, 0.29) is 0 Å². The monoisotopic (exact) mass is 692 g/mol. The first-order valence-corrected chi connectivity index (χ1v) is 19.3. The highest BCUT2D eigenvalue weighted by atomic mass is 14.5. The van der Waals surface area contributed by atoms with Gasteiger partial charge in [-0.05, 0) is 151 Å². The summed E-state index contributed by atoms with van der Waals surface area (Å²) in [6.45, 7) is 0. The Labute approximate surface area is 318 Å². The predicted octanol–water partition coefficient (Wildman–Crippen LogP) is 14.6. The van der Waals surface area contributed by atoms with Crippen LogP contribution in [0.15, 0.2) is 194 Å². The maximum atomic E-state index is 2.52. The van der Waals surface area contributed by atoms with Crippen molar-refractivity contribution in [3.63, 3.8) is 0 Å². The number of rotatable bonds is 2. The largest absolute Gasteiger partial charge is 0.0725 e. The molecule has 11 aromatic carbocycles. The second-order valence-electron chi connectivity index (χ2n) is 15.6. The van der Waals surface area contributed by atoms with Crippen molar-refractivity contribution in [3.8, 4) is 44.5 Å². The van der Waals surface area contributed by atoms with Crippen molar-refractivity contribution in [2.24, 2.45) is 0 Å². The summed E-state index contributed by atoms with van der Waals surface area (Å²) in [6, 6.07) is 73.5. The standard InChI is InChI=1S/C55H32/c1-2-11-37-31-51-47(29-36(37)10-1)48-30-38-22-23-39(28-40(38)32-52(48)55(51)49-18-7-5-16-44(49)45-17-6-8-19-50(45)55)41-14-3-4-15-42(41)43-26-24-35-21-20-33-12-9-13-34-25-27-46(43)54(35)53(33)34/h1-32H. The predicted molar refractivity (Wildman–Crippen MR) is 232 cm³/mol. The third-order valence-corrected chi connectivity index (χ3v) is 13.0. The van der Waals surface area contributed by atoms with Gasteiger partial charge >= 0.3 is 0 Å². The lowest BCUT2D eigenvalue weighted by molar-refractivity contribution is 0.796. The molecule has 0 heteroatoms. The van der Waals surface area contributed by atoms with E-state index in [1.165, 1.54) is 121 Å². The van der Waals surface area contributed by atoms with Crippen molar-refractivity contribution < 1.29 is 0 Å². The molecular formula is C55H32. The topological polar surface area (TPSA) is 0 Å². The minimum atomic E-state index is -0.397. The molecule has 0 bridgehead atoms. The Balaban J connectivity index is 1.06. The van der Waals surface area contributed by atoms with Gasteiger partial charge in [0.15, 0.2) is 0 Å². The Kier molecular flexibility index (Phi) is 5.65. The van der Waals surface area contributed by atoms with Gasteiger partial charge in [0.2, 0.25) is 0 Å². The van der Waals surface area contributed by atoms with Crippen LogP contribution in [-0.2, 0) is 5.41 Å². The zero-order valence-corrected chi connectivity index (χ0v) is 30.0. The van der Waals surface area contributed by atoms with Crippen molar-refractivity contribution in [1.82, 2.24) is 0 Å². The lowest BCUT2D eigenvalue weighted by Crippen LogP contribution is -2.25. The van der Waals surface area contributed by atoms with Crippen molar-refractivity contribution in [2.75, 3.05) is 0 Å². The van der Waals surface area contributed by atoms with Crippen molar-refractivity contribution >= 4 is 53.9 Å². The Bertz CT molecular complexity index is 3370. The fourth-order valence-corrected chi connectivity index (χ4v) is 10.7. The summed E-state index contributed by atoms with van der Waals surface area (Å²) in [7, 11) is 0. The van der Waals surface area contributed by atoms with E-state index in [2.05, 4.69) is 194 Å². The number of benzene rings is 11. The molecule has 0 aliphatic heterocycles. The van der Waals surface area contributed by atoms with Crippen LogP contribution in [0.4, 0.5) is 0 Å².